The summed E-state index contributed by atoms with van der Waals surface area (Å²) < 4.78 is 3.18. The lowest BCUT2D eigenvalue weighted by molar-refractivity contribution is 0.0943. The normalized spacial score (nSPS) is 11.2. The van der Waals surface area contributed by atoms with Gasteiger partial charge in [0.25, 0.3) is 11.5 Å². The first-order valence-electron chi connectivity index (χ1n) is 11.4. The Morgan fingerprint density at radius 1 is 0.912 bits per heavy atom. The van der Waals surface area contributed by atoms with Gasteiger partial charge < -0.3 is 5.32 Å². The number of rotatable bonds is 7. The van der Waals surface area contributed by atoms with Crippen LogP contribution in [0.3, 0.4) is 0 Å². The van der Waals surface area contributed by atoms with Crippen LogP contribution >= 0.6 is 0 Å². The van der Waals surface area contributed by atoms with Crippen molar-refractivity contribution < 1.29 is 4.79 Å². The van der Waals surface area contributed by atoms with Crippen molar-refractivity contribution in [1.82, 2.24) is 24.5 Å². The molecule has 0 saturated heterocycles. The molecule has 34 heavy (non-hydrogen) atoms. The second-order valence-electron chi connectivity index (χ2n) is 8.38. The number of aromatic nitrogens is 4. The number of carbonyl (C=O) groups is 1. The minimum absolute atomic E-state index is 0.00357. The van der Waals surface area contributed by atoms with Gasteiger partial charge in [0, 0.05) is 6.54 Å². The summed E-state index contributed by atoms with van der Waals surface area (Å²) in [5.41, 5.74) is 4.60. The highest BCUT2D eigenvalue weighted by atomic mass is 16.2. The summed E-state index contributed by atoms with van der Waals surface area (Å²) in [7, 11) is 0. The fraction of sp³-hybridized carbons (Fsp3) is 0.185. The van der Waals surface area contributed by atoms with Crippen LogP contribution in [-0.4, -0.2) is 31.6 Å². The smallest absolute Gasteiger partial charge is 0.296 e. The van der Waals surface area contributed by atoms with Gasteiger partial charge in [-0.05, 0) is 48.6 Å². The summed E-state index contributed by atoms with van der Waals surface area (Å²) in [6, 6.07) is 25.8. The van der Waals surface area contributed by atoms with E-state index in [1.165, 1.54) is 10.1 Å². The molecule has 1 amide bonds. The molecule has 7 nitrogen and oxygen atoms in total. The number of hydrogen-bond acceptors (Lipinski definition) is 4. The van der Waals surface area contributed by atoms with Crippen LogP contribution in [0.5, 0.6) is 0 Å². The Hall–Kier alpha value is -4.26. The summed E-state index contributed by atoms with van der Waals surface area (Å²) in [5.74, 6) is -0.387. The highest BCUT2D eigenvalue weighted by Gasteiger charge is 2.19. The fourth-order valence-electron chi connectivity index (χ4n) is 4.11. The van der Waals surface area contributed by atoms with E-state index < -0.39 is 0 Å². The van der Waals surface area contributed by atoms with Crippen LogP contribution < -0.4 is 10.9 Å². The number of aryl methyl sites for hydroxylation is 2. The Balaban J connectivity index is 1.45. The van der Waals surface area contributed by atoms with Crippen LogP contribution in [-0.2, 0) is 13.0 Å². The van der Waals surface area contributed by atoms with Crippen LogP contribution in [0.1, 0.15) is 33.7 Å². The first-order valence-corrected chi connectivity index (χ1v) is 11.4. The maximum atomic E-state index is 13.4. The zero-order valence-corrected chi connectivity index (χ0v) is 18.9. The predicted molar refractivity (Wildman–Crippen MR) is 132 cm³/mol. The number of nitrogens with one attached hydrogen (secondary N) is 1. The zero-order chi connectivity index (χ0) is 23.5. The number of nitrogens with zero attached hydrogens (tertiary/aromatic N) is 4. The molecule has 0 radical (unpaired) electrons. The molecular weight excluding hydrogens is 426 g/mol. The highest BCUT2D eigenvalue weighted by molar-refractivity contribution is 5.91. The Bertz CT molecular complexity index is 1520. The van der Waals surface area contributed by atoms with E-state index in [1.54, 1.807) is 4.57 Å². The maximum Gasteiger partial charge on any atom is 0.296 e. The maximum absolute atomic E-state index is 13.4. The molecule has 0 fully saturated rings. The van der Waals surface area contributed by atoms with Crippen molar-refractivity contribution in [2.24, 2.45) is 0 Å². The largest absolute Gasteiger partial charge is 0.349 e. The number of fused-ring (bicyclic) bond motifs is 3. The summed E-state index contributed by atoms with van der Waals surface area (Å²) in [6.07, 6.45) is 1.67. The van der Waals surface area contributed by atoms with Crippen molar-refractivity contribution in [2.45, 2.75) is 26.3 Å². The summed E-state index contributed by atoms with van der Waals surface area (Å²) in [4.78, 5) is 30.5. The van der Waals surface area contributed by atoms with Crippen molar-refractivity contribution in [3.63, 3.8) is 0 Å². The van der Waals surface area contributed by atoms with Gasteiger partial charge in [-0.2, -0.15) is 4.98 Å². The summed E-state index contributed by atoms with van der Waals surface area (Å²) in [6.45, 7) is 2.89. The standard InChI is InChI=1S/C27H25N5O2/c1-19-14-15-22-23(17-19)31(18-21-11-6-3-7-12-21)27(34)25-29-24(30-32(22)25)26(33)28-16-8-13-20-9-4-2-5-10-20/h2-7,9-12,14-15,17H,8,13,16,18H2,1H3,(H,28,33). The third-order valence-corrected chi connectivity index (χ3v) is 5.85. The average molecular weight is 452 g/mol. The Morgan fingerprint density at radius 3 is 2.35 bits per heavy atom. The molecule has 2 heterocycles. The van der Waals surface area contributed by atoms with Crippen molar-refractivity contribution in [1.29, 1.82) is 0 Å². The second kappa shape index (κ2) is 9.31. The lowest BCUT2D eigenvalue weighted by Gasteiger charge is -2.12. The van der Waals surface area contributed by atoms with Crippen molar-refractivity contribution >= 4 is 22.6 Å². The molecule has 0 bridgehead atoms. The number of carbonyl (C=O) groups excluding carboxylic acids is 1. The van der Waals surface area contributed by atoms with Crippen LogP contribution in [0.25, 0.3) is 16.7 Å². The summed E-state index contributed by atoms with van der Waals surface area (Å²) in [5, 5.41) is 7.27. The van der Waals surface area contributed by atoms with E-state index in [2.05, 4.69) is 27.5 Å². The third-order valence-electron chi connectivity index (χ3n) is 5.85. The van der Waals surface area contributed by atoms with Gasteiger partial charge in [0.15, 0.2) is 0 Å². The van der Waals surface area contributed by atoms with Gasteiger partial charge in [0.1, 0.15) is 0 Å². The van der Waals surface area contributed by atoms with E-state index >= 15 is 0 Å². The SMILES string of the molecule is Cc1ccc2c(c1)n(Cc1ccccc1)c(=O)c1nc(C(=O)NCCCc3ccccc3)nn12. The molecule has 7 heteroatoms. The van der Waals surface area contributed by atoms with E-state index in [0.29, 0.717) is 13.1 Å². The summed E-state index contributed by atoms with van der Waals surface area (Å²) >= 11 is 0. The highest BCUT2D eigenvalue weighted by Crippen LogP contribution is 2.17. The number of hydrogen-bond donors (Lipinski definition) is 1. The van der Waals surface area contributed by atoms with Crippen LogP contribution in [0, 0.1) is 6.92 Å². The molecular formula is C27H25N5O2. The van der Waals surface area contributed by atoms with E-state index in [1.807, 2.05) is 73.7 Å². The molecule has 1 N–H and O–H groups in total. The molecule has 0 spiro atoms. The van der Waals surface area contributed by atoms with Gasteiger partial charge in [0.05, 0.1) is 17.6 Å². The Morgan fingerprint density at radius 2 is 1.62 bits per heavy atom. The molecule has 0 atom stereocenters. The molecule has 2 aromatic heterocycles. The van der Waals surface area contributed by atoms with Gasteiger partial charge in [-0.25, -0.2) is 4.52 Å². The van der Waals surface area contributed by atoms with Crippen LogP contribution in [0.2, 0.25) is 0 Å². The van der Waals surface area contributed by atoms with E-state index in [9.17, 15) is 9.59 Å². The molecule has 5 aromatic rings. The Kier molecular flexibility index (Phi) is 5.91. The van der Waals surface area contributed by atoms with Gasteiger partial charge in [-0.1, -0.05) is 66.7 Å². The third kappa shape index (κ3) is 4.32. The quantitative estimate of drug-likeness (QED) is 0.382. The van der Waals surface area contributed by atoms with Crippen LogP contribution in [0.15, 0.2) is 83.7 Å². The van der Waals surface area contributed by atoms with Gasteiger partial charge in [-0.15, -0.1) is 5.10 Å². The first-order chi connectivity index (χ1) is 16.6. The minimum Gasteiger partial charge on any atom is -0.349 e. The molecule has 0 unspecified atom stereocenters. The molecule has 0 aliphatic heterocycles. The lowest BCUT2D eigenvalue weighted by atomic mass is 10.1. The van der Waals surface area contributed by atoms with Crippen LogP contribution in [0.4, 0.5) is 0 Å². The molecule has 0 aliphatic rings. The van der Waals surface area contributed by atoms with Gasteiger partial charge in [0.2, 0.25) is 11.5 Å². The minimum atomic E-state index is -0.383. The Labute approximate surface area is 196 Å². The van der Waals surface area contributed by atoms with E-state index in [0.717, 1.165) is 35.0 Å². The number of amides is 1. The predicted octanol–water partition coefficient (Wildman–Crippen LogP) is 3.76. The zero-order valence-electron chi connectivity index (χ0n) is 18.9. The lowest BCUT2D eigenvalue weighted by Crippen LogP contribution is -2.26. The average Bonchev–Trinajstić information content (AvgIpc) is 3.31. The number of benzene rings is 3. The molecule has 0 saturated carbocycles. The molecule has 5 rings (SSSR count). The van der Waals surface area contributed by atoms with Crippen molar-refractivity contribution in [3.8, 4) is 0 Å². The molecule has 0 aliphatic carbocycles. The van der Waals surface area contributed by atoms with Crippen molar-refractivity contribution in [3.05, 3.63) is 112 Å². The van der Waals surface area contributed by atoms with Gasteiger partial charge in [-0.3, -0.25) is 14.2 Å². The van der Waals surface area contributed by atoms with E-state index in [4.69, 9.17) is 0 Å². The monoisotopic (exact) mass is 451 g/mol. The fourth-order valence-corrected chi connectivity index (χ4v) is 4.11. The first kappa shape index (κ1) is 21.6. The molecule has 3 aromatic carbocycles. The van der Waals surface area contributed by atoms with E-state index in [-0.39, 0.29) is 22.9 Å². The molecule has 170 valence electrons. The van der Waals surface area contributed by atoms with Gasteiger partial charge >= 0.3 is 0 Å². The topological polar surface area (TPSA) is 81.3 Å². The van der Waals surface area contributed by atoms with Crippen molar-refractivity contribution in [2.75, 3.05) is 6.54 Å². The second-order valence-corrected chi connectivity index (χ2v) is 8.38.